The summed E-state index contributed by atoms with van der Waals surface area (Å²) in [5.74, 6) is 0.221. The minimum absolute atomic E-state index is 0.300. The molecule has 2 N–H and O–H groups in total. The van der Waals surface area contributed by atoms with Gasteiger partial charge in [0.2, 0.25) is 0 Å². The predicted molar refractivity (Wildman–Crippen MR) is 93.7 cm³/mol. The molecular formula is C20H16F3NO2. The molecule has 134 valence electrons. The van der Waals surface area contributed by atoms with E-state index in [-0.39, 0.29) is 5.75 Å². The van der Waals surface area contributed by atoms with Crippen molar-refractivity contribution in [2.45, 2.75) is 13.0 Å². The molecule has 3 nitrogen and oxygen atoms in total. The zero-order chi connectivity index (χ0) is 18.6. The maximum Gasteiger partial charge on any atom is 0.573 e. The topological polar surface area (TPSA) is 44.5 Å². The van der Waals surface area contributed by atoms with Gasteiger partial charge >= 0.3 is 6.36 Å². The highest BCUT2D eigenvalue weighted by molar-refractivity contribution is 5.74. The van der Waals surface area contributed by atoms with Gasteiger partial charge in [0.15, 0.2) is 0 Å². The van der Waals surface area contributed by atoms with Crippen molar-refractivity contribution in [3.63, 3.8) is 0 Å². The van der Waals surface area contributed by atoms with Crippen molar-refractivity contribution >= 4 is 5.69 Å². The summed E-state index contributed by atoms with van der Waals surface area (Å²) >= 11 is 0. The van der Waals surface area contributed by atoms with Gasteiger partial charge in [-0.15, -0.1) is 13.2 Å². The maximum atomic E-state index is 12.5. The normalized spacial score (nSPS) is 11.2. The fourth-order valence-electron chi connectivity index (χ4n) is 2.50. The number of hydrogen-bond donors (Lipinski definition) is 1. The zero-order valence-corrected chi connectivity index (χ0v) is 13.7. The summed E-state index contributed by atoms with van der Waals surface area (Å²) in [6, 6.07) is 20.3. The number of ether oxygens (including phenoxy) is 2. The highest BCUT2D eigenvalue weighted by Gasteiger charge is 2.31. The summed E-state index contributed by atoms with van der Waals surface area (Å²) in [6.45, 7) is 0.330. The third-order valence-corrected chi connectivity index (χ3v) is 3.62. The Kier molecular flexibility index (Phi) is 5.02. The molecule has 0 saturated carbocycles. The minimum Gasteiger partial charge on any atom is -0.488 e. The quantitative estimate of drug-likeness (QED) is 0.619. The second-order valence-electron chi connectivity index (χ2n) is 5.61. The Bertz CT molecular complexity index is 880. The molecule has 0 aliphatic carbocycles. The average molecular weight is 359 g/mol. The van der Waals surface area contributed by atoms with Crippen LogP contribution < -0.4 is 15.2 Å². The molecule has 0 heterocycles. The van der Waals surface area contributed by atoms with E-state index < -0.39 is 6.36 Å². The zero-order valence-electron chi connectivity index (χ0n) is 13.7. The van der Waals surface area contributed by atoms with E-state index in [1.807, 2.05) is 30.3 Å². The van der Waals surface area contributed by atoms with Crippen LogP contribution in [0.5, 0.6) is 11.5 Å². The second kappa shape index (κ2) is 7.39. The van der Waals surface area contributed by atoms with Crippen LogP contribution in [0, 0.1) is 0 Å². The summed E-state index contributed by atoms with van der Waals surface area (Å²) < 4.78 is 47.2. The molecule has 6 heteroatoms. The van der Waals surface area contributed by atoms with E-state index in [1.165, 1.54) is 18.2 Å². The molecule has 3 rings (SSSR count). The van der Waals surface area contributed by atoms with Crippen LogP contribution in [0.25, 0.3) is 11.1 Å². The second-order valence-corrected chi connectivity index (χ2v) is 5.61. The SMILES string of the molecule is Nc1ccc(OCc2ccccc2)c(-c2cccc(OC(F)(F)F)c2)c1. The van der Waals surface area contributed by atoms with Crippen molar-refractivity contribution in [3.05, 3.63) is 78.4 Å². The molecule has 0 unspecified atom stereocenters. The highest BCUT2D eigenvalue weighted by Crippen LogP contribution is 2.35. The summed E-state index contributed by atoms with van der Waals surface area (Å²) in [5, 5.41) is 0. The lowest BCUT2D eigenvalue weighted by Gasteiger charge is -2.14. The molecule has 26 heavy (non-hydrogen) atoms. The number of nitrogens with two attached hydrogens (primary N) is 1. The van der Waals surface area contributed by atoms with Gasteiger partial charge < -0.3 is 15.2 Å². The number of hydrogen-bond acceptors (Lipinski definition) is 3. The van der Waals surface area contributed by atoms with Crippen LogP contribution in [0.2, 0.25) is 0 Å². The van der Waals surface area contributed by atoms with Crippen LogP contribution in [0.3, 0.4) is 0 Å². The standard InChI is InChI=1S/C20H16F3NO2/c21-20(22,23)26-17-8-4-7-15(11-17)18-12-16(24)9-10-19(18)25-13-14-5-2-1-3-6-14/h1-12H,13,24H2. The molecule has 0 atom stereocenters. The smallest absolute Gasteiger partial charge is 0.488 e. The first-order valence-electron chi connectivity index (χ1n) is 7.83. The first-order chi connectivity index (χ1) is 12.4. The molecule has 0 bridgehead atoms. The van der Waals surface area contributed by atoms with E-state index >= 15 is 0 Å². The van der Waals surface area contributed by atoms with Crippen molar-refractivity contribution < 1.29 is 22.6 Å². The van der Waals surface area contributed by atoms with Gasteiger partial charge in [-0.25, -0.2) is 0 Å². The Hall–Kier alpha value is -3.15. The molecule has 0 radical (unpaired) electrons. The van der Waals surface area contributed by atoms with Gasteiger partial charge in [-0.3, -0.25) is 0 Å². The Morgan fingerprint density at radius 2 is 1.62 bits per heavy atom. The molecule has 0 aromatic heterocycles. The van der Waals surface area contributed by atoms with Gasteiger partial charge in [-0.05, 0) is 41.5 Å². The summed E-state index contributed by atoms with van der Waals surface area (Å²) in [4.78, 5) is 0. The molecule has 0 amide bonds. The fraction of sp³-hybridized carbons (Fsp3) is 0.100. The fourth-order valence-corrected chi connectivity index (χ4v) is 2.50. The van der Waals surface area contributed by atoms with Crippen molar-refractivity contribution in [2.24, 2.45) is 0 Å². The minimum atomic E-state index is -4.75. The van der Waals surface area contributed by atoms with E-state index in [4.69, 9.17) is 10.5 Å². The molecule has 0 fully saturated rings. The summed E-state index contributed by atoms with van der Waals surface area (Å²) in [7, 11) is 0. The lowest BCUT2D eigenvalue weighted by molar-refractivity contribution is -0.274. The van der Waals surface area contributed by atoms with Gasteiger partial charge in [-0.1, -0.05) is 42.5 Å². The Morgan fingerprint density at radius 1 is 0.846 bits per heavy atom. The van der Waals surface area contributed by atoms with Gasteiger partial charge in [0, 0.05) is 11.3 Å². The first kappa shape index (κ1) is 17.7. The van der Waals surface area contributed by atoms with E-state index in [0.717, 1.165) is 5.56 Å². The van der Waals surface area contributed by atoms with Gasteiger partial charge in [-0.2, -0.15) is 0 Å². The Labute approximate surface area is 148 Å². The number of nitrogen functional groups attached to an aromatic ring is 1. The van der Waals surface area contributed by atoms with Crippen molar-refractivity contribution in [1.29, 1.82) is 0 Å². The van der Waals surface area contributed by atoms with Gasteiger partial charge in [0.25, 0.3) is 0 Å². The molecular weight excluding hydrogens is 343 g/mol. The monoisotopic (exact) mass is 359 g/mol. The van der Waals surface area contributed by atoms with Crippen LogP contribution in [-0.2, 0) is 6.61 Å². The molecule has 3 aromatic rings. The number of halogens is 3. The number of anilines is 1. The van der Waals surface area contributed by atoms with Crippen molar-refractivity contribution in [1.82, 2.24) is 0 Å². The van der Waals surface area contributed by atoms with Gasteiger partial charge in [0.05, 0.1) is 0 Å². The van der Waals surface area contributed by atoms with Crippen LogP contribution in [0.1, 0.15) is 5.56 Å². The van der Waals surface area contributed by atoms with E-state index in [0.29, 0.717) is 29.2 Å². The maximum absolute atomic E-state index is 12.5. The molecule has 0 spiro atoms. The number of benzene rings is 3. The van der Waals surface area contributed by atoms with E-state index in [2.05, 4.69) is 4.74 Å². The summed E-state index contributed by atoms with van der Waals surface area (Å²) in [6.07, 6.45) is -4.75. The Balaban J connectivity index is 1.89. The van der Waals surface area contributed by atoms with E-state index in [9.17, 15) is 13.2 Å². The van der Waals surface area contributed by atoms with E-state index in [1.54, 1.807) is 24.3 Å². The number of rotatable bonds is 5. The molecule has 3 aromatic carbocycles. The van der Waals surface area contributed by atoms with Crippen LogP contribution >= 0.6 is 0 Å². The van der Waals surface area contributed by atoms with Crippen molar-refractivity contribution in [3.8, 4) is 22.6 Å². The molecule has 0 aliphatic rings. The third-order valence-electron chi connectivity index (χ3n) is 3.62. The van der Waals surface area contributed by atoms with Gasteiger partial charge in [0.1, 0.15) is 18.1 Å². The lowest BCUT2D eigenvalue weighted by atomic mass is 10.0. The van der Waals surface area contributed by atoms with Crippen LogP contribution in [-0.4, -0.2) is 6.36 Å². The number of alkyl halides is 3. The lowest BCUT2D eigenvalue weighted by Crippen LogP contribution is -2.17. The third kappa shape index (κ3) is 4.69. The predicted octanol–water partition coefficient (Wildman–Crippen LogP) is 5.41. The van der Waals surface area contributed by atoms with Crippen LogP contribution in [0.4, 0.5) is 18.9 Å². The van der Waals surface area contributed by atoms with Crippen molar-refractivity contribution in [2.75, 3.05) is 5.73 Å². The molecule has 0 aliphatic heterocycles. The largest absolute Gasteiger partial charge is 0.573 e. The first-order valence-corrected chi connectivity index (χ1v) is 7.83. The van der Waals surface area contributed by atoms with Crippen LogP contribution in [0.15, 0.2) is 72.8 Å². The summed E-state index contributed by atoms with van der Waals surface area (Å²) in [5.41, 5.74) is 8.41. The molecule has 0 saturated heterocycles. The Morgan fingerprint density at radius 3 is 2.35 bits per heavy atom. The average Bonchev–Trinajstić information content (AvgIpc) is 2.60. The highest BCUT2D eigenvalue weighted by atomic mass is 19.4.